The monoisotopic (exact) mass is 381 g/mol. The van der Waals surface area contributed by atoms with E-state index in [4.69, 9.17) is 14.7 Å². The van der Waals surface area contributed by atoms with Gasteiger partial charge in [-0.05, 0) is 20.9 Å². The van der Waals surface area contributed by atoms with Gasteiger partial charge in [-0.25, -0.2) is 0 Å². The summed E-state index contributed by atoms with van der Waals surface area (Å²) in [5.74, 6) is 3.29. The van der Waals surface area contributed by atoms with Crippen molar-refractivity contribution in [1.82, 2.24) is 19.6 Å². The summed E-state index contributed by atoms with van der Waals surface area (Å²) < 4.78 is 9.22. The number of nitrogens with one attached hydrogen (secondary N) is 2. The number of nitrogens with zero attached hydrogens (tertiary/aromatic N) is 5. The van der Waals surface area contributed by atoms with Gasteiger partial charge in [0.15, 0.2) is 5.82 Å². The first-order chi connectivity index (χ1) is 12.5. The van der Waals surface area contributed by atoms with Crippen molar-refractivity contribution in [2.75, 3.05) is 80.8 Å². The Balaban J connectivity index is 1.73. The number of fused-ring (bicyclic) bond motifs is 1. The van der Waals surface area contributed by atoms with Gasteiger partial charge >= 0.3 is 0 Å². The summed E-state index contributed by atoms with van der Waals surface area (Å²) in [5, 5.41) is 3.49. The highest BCUT2D eigenvalue weighted by Gasteiger charge is 2.26. The molecule has 2 N–H and O–H groups in total. The molecule has 1 saturated heterocycles. The molecule has 0 amide bonds. The third-order valence-corrected chi connectivity index (χ3v) is 5.54. The first kappa shape index (κ1) is 19.3. The van der Waals surface area contributed by atoms with Crippen molar-refractivity contribution in [2.45, 2.75) is 19.9 Å². The number of likely N-dealkylation sites (N-methyl/N-ethyl adjacent to an activating group) is 2. The van der Waals surface area contributed by atoms with Gasteiger partial charge in [0.05, 0.1) is 6.54 Å². The zero-order valence-corrected chi connectivity index (χ0v) is 17.1. The fourth-order valence-electron chi connectivity index (χ4n) is 2.98. The van der Waals surface area contributed by atoms with Crippen molar-refractivity contribution in [3.63, 3.8) is 0 Å². The number of hydrogen-bond donors (Lipinski definition) is 2. The molecule has 0 aromatic carbocycles. The minimum atomic E-state index is 0.482. The molecule has 1 aromatic rings. The molecule has 2 aliphatic rings. The Kier molecular flexibility index (Phi) is 6.66. The van der Waals surface area contributed by atoms with Crippen LogP contribution in [0, 0.1) is 0 Å². The number of piperazine rings is 1. The van der Waals surface area contributed by atoms with E-state index in [-0.39, 0.29) is 0 Å². The average molecular weight is 382 g/mol. The molecule has 1 aromatic heterocycles. The number of aromatic nitrogens is 2. The second-order valence-electron chi connectivity index (χ2n) is 7.13. The molecule has 2 aliphatic heterocycles. The molecule has 0 spiro atoms. The topological polar surface area (TPSA) is 68.8 Å². The van der Waals surface area contributed by atoms with Gasteiger partial charge in [0.25, 0.3) is 0 Å². The van der Waals surface area contributed by atoms with Crippen molar-refractivity contribution in [3.05, 3.63) is 0 Å². The molecule has 26 heavy (non-hydrogen) atoms. The van der Waals surface area contributed by atoms with E-state index in [1.807, 2.05) is 0 Å². The Morgan fingerprint density at radius 3 is 2.62 bits per heavy atom. The molecule has 3 heterocycles. The lowest BCUT2D eigenvalue weighted by Gasteiger charge is -2.34. The second kappa shape index (κ2) is 8.96. The Labute approximate surface area is 160 Å². The van der Waals surface area contributed by atoms with Crippen LogP contribution in [0.1, 0.15) is 13.8 Å². The zero-order chi connectivity index (χ0) is 18.5. The van der Waals surface area contributed by atoms with Gasteiger partial charge in [-0.15, -0.1) is 0 Å². The summed E-state index contributed by atoms with van der Waals surface area (Å²) in [5.41, 5.74) is 0.968. The molecule has 0 unspecified atom stereocenters. The summed E-state index contributed by atoms with van der Waals surface area (Å²) in [6.45, 7) is 10.6. The first-order valence-electron chi connectivity index (χ1n) is 9.35. The smallest absolute Gasteiger partial charge is 0.244 e. The normalized spacial score (nSPS) is 18.0. The number of ether oxygens (including phenoxy) is 1. The van der Waals surface area contributed by atoms with Crippen LogP contribution in [0.5, 0.6) is 5.88 Å². The number of anilines is 3. The summed E-state index contributed by atoms with van der Waals surface area (Å²) in [7, 11) is 4.22. The Morgan fingerprint density at radius 1 is 1.12 bits per heavy atom. The van der Waals surface area contributed by atoms with Crippen LogP contribution >= 0.6 is 11.9 Å². The molecule has 146 valence electrons. The first-order valence-corrected chi connectivity index (χ1v) is 10.3. The molecular formula is C17H31N7OS. The fourth-order valence-corrected chi connectivity index (χ4v) is 3.63. The van der Waals surface area contributed by atoms with E-state index in [9.17, 15) is 0 Å². The summed E-state index contributed by atoms with van der Waals surface area (Å²) in [6, 6.07) is 0.482. The molecule has 9 heteroatoms. The molecule has 0 atom stereocenters. The minimum absolute atomic E-state index is 0.482. The third-order valence-electron chi connectivity index (χ3n) is 4.49. The van der Waals surface area contributed by atoms with Crippen LogP contribution < -0.4 is 24.6 Å². The highest BCUT2D eigenvalue weighted by atomic mass is 32.2. The van der Waals surface area contributed by atoms with E-state index < -0.39 is 0 Å². The van der Waals surface area contributed by atoms with Crippen LogP contribution in [-0.4, -0.2) is 86.6 Å². The van der Waals surface area contributed by atoms with Crippen LogP contribution in [0.15, 0.2) is 0 Å². The molecule has 8 nitrogen and oxygen atoms in total. The Morgan fingerprint density at radius 2 is 1.88 bits per heavy atom. The van der Waals surface area contributed by atoms with Crippen molar-refractivity contribution < 1.29 is 4.74 Å². The molecule has 0 saturated carbocycles. The lowest BCUT2D eigenvalue weighted by Crippen LogP contribution is -2.45. The lowest BCUT2D eigenvalue weighted by atomic mass is 10.3. The van der Waals surface area contributed by atoms with Gasteiger partial charge in [-0.3, -0.25) is 4.72 Å². The number of hydrogen-bond acceptors (Lipinski definition) is 9. The molecular weight excluding hydrogens is 350 g/mol. The standard InChI is InChI=1S/C17H31N7OS/c1-13(2)21-26-12-5-18-15-14-16(25-11-10-23(14)4)20-17(19-15)24-8-6-22(3)7-9-24/h13,21H,5-12H2,1-4H3,(H,18,19,20). The van der Waals surface area contributed by atoms with E-state index in [1.54, 1.807) is 11.9 Å². The zero-order valence-electron chi connectivity index (χ0n) is 16.3. The van der Waals surface area contributed by atoms with E-state index in [0.29, 0.717) is 18.5 Å². The van der Waals surface area contributed by atoms with Crippen LogP contribution in [0.3, 0.4) is 0 Å². The minimum Gasteiger partial charge on any atom is -0.474 e. The molecule has 0 aliphatic carbocycles. The third kappa shape index (κ3) is 4.83. The van der Waals surface area contributed by atoms with Gasteiger partial charge in [0, 0.05) is 51.6 Å². The lowest BCUT2D eigenvalue weighted by molar-refractivity contribution is 0.295. The predicted molar refractivity (Wildman–Crippen MR) is 110 cm³/mol. The van der Waals surface area contributed by atoms with E-state index in [2.05, 4.69) is 52.7 Å². The SMILES string of the molecule is CC(C)NSCCNc1nc(N2CCN(C)CC2)nc2c1N(C)CCO2. The van der Waals surface area contributed by atoms with Crippen LogP contribution in [0.25, 0.3) is 0 Å². The summed E-state index contributed by atoms with van der Waals surface area (Å²) in [4.78, 5) is 16.3. The fraction of sp³-hybridized carbons (Fsp3) is 0.765. The van der Waals surface area contributed by atoms with E-state index >= 15 is 0 Å². The molecule has 3 rings (SSSR count). The molecule has 0 radical (unpaired) electrons. The van der Waals surface area contributed by atoms with Crippen molar-refractivity contribution >= 4 is 29.4 Å². The maximum atomic E-state index is 5.86. The van der Waals surface area contributed by atoms with Gasteiger partial charge < -0.3 is 24.8 Å². The quantitative estimate of drug-likeness (QED) is 0.534. The van der Waals surface area contributed by atoms with Crippen LogP contribution in [-0.2, 0) is 0 Å². The van der Waals surface area contributed by atoms with Gasteiger partial charge in [-0.1, -0.05) is 11.9 Å². The average Bonchev–Trinajstić information content (AvgIpc) is 2.61. The maximum absolute atomic E-state index is 5.86. The van der Waals surface area contributed by atoms with E-state index in [1.165, 1.54) is 0 Å². The largest absolute Gasteiger partial charge is 0.474 e. The van der Waals surface area contributed by atoms with Crippen molar-refractivity contribution in [2.24, 2.45) is 0 Å². The van der Waals surface area contributed by atoms with Crippen molar-refractivity contribution in [1.29, 1.82) is 0 Å². The summed E-state index contributed by atoms with van der Waals surface area (Å²) in [6.07, 6.45) is 0. The second-order valence-corrected chi connectivity index (χ2v) is 8.07. The van der Waals surface area contributed by atoms with Crippen LogP contribution in [0.2, 0.25) is 0 Å². The maximum Gasteiger partial charge on any atom is 0.244 e. The molecule has 0 bridgehead atoms. The predicted octanol–water partition coefficient (Wildman–Crippen LogP) is 1.12. The highest BCUT2D eigenvalue weighted by Crippen LogP contribution is 2.36. The van der Waals surface area contributed by atoms with Crippen LogP contribution in [0.4, 0.5) is 17.5 Å². The number of rotatable bonds is 7. The molecule has 1 fully saturated rings. The highest BCUT2D eigenvalue weighted by molar-refractivity contribution is 7.97. The van der Waals surface area contributed by atoms with Gasteiger partial charge in [0.2, 0.25) is 11.8 Å². The summed E-state index contributed by atoms with van der Waals surface area (Å²) >= 11 is 1.73. The van der Waals surface area contributed by atoms with Gasteiger partial charge in [0.1, 0.15) is 12.3 Å². The van der Waals surface area contributed by atoms with Crippen molar-refractivity contribution in [3.8, 4) is 5.88 Å². The van der Waals surface area contributed by atoms with E-state index in [0.717, 1.165) is 62.5 Å². The Bertz CT molecular complexity index is 593. The van der Waals surface area contributed by atoms with Gasteiger partial charge in [-0.2, -0.15) is 9.97 Å². The Hall–Kier alpha value is -1.45.